The zero-order chi connectivity index (χ0) is 20.1. The van der Waals surface area contributed by atoms with Gasteiger partial charge in [-0.2, -0.15) is 0 Å². The molecule has 0 N–H and O–H groups in total. The lowest BCUT2D eigenvalue weighted by atomic mass is 10.1. The molecule has 0 unspecified atom stereocenters. The van der Waals surface area contributed by atoms with Crippen LogP contribution in [0.25, 0.3) is 0 Å². The van der Waals surface area contributed by atoms with E-state index in [1.807, 2.05) is 47.4 Å². The number of hydrogen-bond acceptors (Lipinski definition) is 4. The third-order valence-corrected chi connectivity index (χ3v) is 4.99. The van der Waals surface area contributed by atoms with Gasteiger partial charge in [0.15, 0.2) is 0 Å². The normalized spacial score (nSPS) is 13.5. The van der Waals surface area contributed by atoms with Gasteiger partial charge in [-0.25, -0.2) is 0 Å². The van der Waals surface area contributed by atoms with Crippen LogP contribution in [0.4, 0.5) is 0 Å². The first kappa shape index (κ1) is 19.7. The summed E-state index contributed by atoms with van der Waals surface area (Å²) in [7, 11) is 4.97. The Morgan fingerprint density at radius 1 is 1.11 bits per heavy atom. The standard InChI is InChI=1S/C22H26N2O4/c1-23(15-18-10-11-19(27-2)13-20(18)28-3)22(26)17-8-6-16(7-9-17)14-24-12-4-5-21(24)25/h6-11,13H,4-5,12,14-15H2,1-3H3. The quantitative estimate of drug-likeness (QED) is 0.738. The van der Waals surface area contributed by atoms with Crippen LogP contribution in [0.5, 0.6) is 11.5 Å². The number of nitrogens with zero attached hydrogens (tertiary/aromatic N) is 2. The maximum Gasteiger partial charge on any atom is 0.253 e. The number of carbonyl (C=O) groups is 2. The summed E-state index contributed by atoms with van der Waals surface area (Å²) in [6.07, 6.45) is 1.56. The monoisotopic (exact) mass is 382 g/mol. The molecule has 1 fully saturated rings. The van der Waals surface area contributed by atoms with E-state index in [0.717, 1.165) is 24.1 Å². The maximum atomic E-state index is 12.8. The van der Waals surface area contributed by atoms with Crippen molar-refractivity contribution in [3.8, 4) is 11.5 Å². The van der Waals surface area contributed by atoms with Gasteiger partial charge in [-0.1, -0.05) is 12.1 Å². The fraction of sp³-hybridized carbons (Fsp3) is 0.364. The first-order valence-corrected chi connectivity index (χ1v) is 9.35. The van der Waals surface area contributed by atoms with Crippen LogP contribution in [0.15, 0.2) is 42.5 Å². The van der Waals surface area contributed by atoms with E-state index >= 15 is 0 Å². The molecule has 28 heavy (non-hydrogen) atoms. The average Bonchev–Trinajstić information content (AvgIpc) is 3.12. The number of benzene rings is 2. The van der Waals surface area contributed by atoms with Crippen molar-refractivity contribution in [2.24, 2.45) is 0 Å². The Morgan fingerprint density at radius 2 is 1.86 bits per heavy atom. The minimum atomic E-state index is -0.0679. The molecule has 1 aliphatic heterocycles. The van der Waals surface area contributed by atoms with E-state index in [0.29, 0.717) is 36.6 Å². The van der Waals surface area contributed by atoms with Crippen molar-refractivity contribution in [3.63, 3.8) is 0 Å². The highest BCUT2D eigenvalue weighted by Gasteiger charge is 2.20. The molecule has 0 bridgehead atoms. The lowest BCUT2D eigenvalue weighted by Crippen LogP contribution is -2.26. The Bertz CT molecular complexity index is 848. The summed E-state index contributed by atoms with van der Waals surface area (Å²) in [5.74, 6) is 1.53. The van der Waals surface area contributed by atoms with Crippen LogP contribution in [0.3, 0.4) is 0 Å². The van der Waals surface area contributed by atoms with Crippen molar-refractivity contribution < 1.29 is 19.1 Å². The first-order valence-electron chi connectivity index (χ1n) is 9.35. The summed E-state index contributed by atoms with van der Waals surface area (Å²) < 4.78 is 10.6. The number of ether oxygens (including phenoxy) is 2. The van der Waals surface area contributed by atoms with Gasteiger partial charge in [0.05, 0.1) is 14.2 Å². The minimum absolute atomic E-state index is 0.0679. The number of rotatable bonds is 7. The third kappa shape index (κ3) is 4.44. The number of methoxy groups -OCH3 is 2. The molecule has 0 aromatic heterocycles. The molecule has 2 amide bonds. The Kier molecular flexibility index (Phi) is 6.19. The lowest BCUT2D eigenvalue weighted by molar-refractivity contribution is -0.128. The number of likely N-dealkylation sites (tertiary alicyclic amines) is 1. The summed E-state index contributed by atoms with van der Waals surface area (Å²) in [5.41, 5.74) is 2.56. The van der Waals surface area contributed by atoms with Crippen LogP contribution >= 0.6 is 0 Å². The van der Waals surface area contributed by atoms with Gasteiger partial charge < -0.3 is 19.3 Å². The zero-order valence-electron chi connectivity index (χ0n) is 16.6. The zero-order valence-corrected chi connectivity index (χ0v) is 16.6. The molecule has 1 aliphatic rings. The Balaban J connectivity index is 1.65. The molecule has 1 heterocycles. The van der Waals surface area contributed by atoms with Crippen LogP contribution in [0, 0.1) is 0 Å². The molecule has 6 nitrogen and oxygen atoms in total. The second kappa shape index (κ2) is 8.78. The second-order valence-electron chi connectivity index (χ2n) is 6.95. The van der Waals surface area contributed by atoms with Crippen molar-refractivity contribution in [1.82, 2.24) is 9.80 Å². The minimum Gasteiger partial charge on any atom is -0.497 e. The summed E-state index contributed by atoms with van der Waals surface area (Å²) in [6.45, 7) is 1.84. The second-order valence-corrected chi connectivity index (χ2v) is 6.95. The molecule has 2 aromatic rings. The van der Waals surface area contributed by atoms with Crippen LogP contribution in [-0.4, -0.2) is 49.4 Å². The summed E-state index contributed by atoms with van der Waals surface area (Å²) >= 11 is 0. The maximum absolute atomic E-state index is 12.8. The fourth-order valence-corrected chi connectivity index (χ4v) is 3.37. The van der Waals surface area contributed by atoms with Crippen LogP contribution in [0.2, 0.25) is 0 Å². The van der Waals surface area contributed by atoms with Gasteiger partial charge in [-0.3, -0.25) is 9.59 Å². The van der Waals surface area contributed by atoms with Crippen molar-refractivity contribution in [2.45, 2.75) is 25.9 Å². The molecular formula is C22H26N2O4. The van der Waals surface area contributed by atoms with Gasteiger partial charge in [0.1, 0.15) is 11.5 Å². The Morgan fingerprint density at radius 3 is 2.46 bits per heavy atom. The van der Waals surface area contributed by atoms with Gasteiger partial charge in [0, 0.05) is 50.3 Å². The van der Waals surface area contributed by atoms with Crippen LogP contribution in [0.1, 0.15) is 34.3 Å². The lowest BCUT2D eigenvalue weighted by Gasteiger charge is -2.20. The molecule has 6 heteroatoms. The molecule has 1 saturated heterocycles. The number of amides is 2. The van der Waals surface area contributed by atoms with Gasteiger partial charge in [0.25, 0.3) is 5.91 Å². The Hall–Kier alpha value is -3.02. The molecule has 3 rings (SSSR count). The molecule has 2 aromatic carbocycles. The van der Waals surface area contributed by atoms with E-state index in [4.69, 9.17) is 9.47 Å². The summed E-state index contributed by atoms with van der Waals surface area (Å²) in [4.78, 5) is 28.0. The molecule has 0 aliphatic carbocycles. The van der Waals surface area contributed by atoms with E-state index in [1.54, 1.807) is 26.2 Å². The summed E-state index contributed by atoms with van der Waals surface area (Å²) in [5, 5.41) is 0. The van der Waals surface area contributed by atoms with E-state index in [2.05, 4.69) is 0 Å². The molecule has 0 saturated carbocycles. The van der Waals surface area contributed by atoms with E-state index in [1.165, 1.54) is 0 Å². The topological polar surface area (TPSA) is 59.1 Å². The molecule has 148 valence electrons. The van der Waals surface area contributed by atoms with Crippen LogP contribution in [-0.2, 0) is 17.9 Å². The van der Waals surface area contributed by atoms with Gasteiger partial charge >= 0.3 is 0 Å². The van der Waals surface area contributed by atoms with Gasteiger partial charge in [-0.15, -0.1) is 0 Å². The van der Waals surface area contributed by atoms with Crippen LogP contribution < -0.4 is 9.47 Å². The fourth-order valence-electron chi connectivity index (χ4n) is 3.37. The summed E-state index contributed by atoms with van der Waals surface area (Å²) in [6, 6.07) is 13.0. The smallest absolute Gasteiger partial charge is 0.253 e. The van der Waals surface area contributed by atoms with Crippen molar-refractivity contribution >= 4 is 11.8 Å². The third-order valence-electron chi connectivity index (χ3n) is 4.99. The SMILES string of the molecule is COc1ccc(CN(C)C(=O)c2ccc(CN3CCCC3=O)cc2)c(OC)c1. The van der Waals surface area contributed by atoms with Crippen molar-refractivity contribution in [1.29, 1.82) is 0 Å². The number of carbonyl (C=O) groups excluding carboxylic acids is 2. The predicted molar refractivity (Wildman–Crippen MR) is 106 cm³/mol. The predicted octanol–water partition coefficient (Wildman–Crippen LogP) is 3.10. The van der Waals surface area contributed by atoms with Crippen molar-refractivity contribution in [3.05, 3.63) is 59.2 Å². The largest absolute Gasteiger partial charge is 0.497 e. The Labute approximate surface area is 165 Å². The van der Waals surface area contributed by atoms with Crippen molar-refractivity contribution in [2.75, 3.05) is 27.8 Å². The van der Waals surface area contributed by atoms with Gasteiger partial charge in [0.2, 0.25) is 5.91 Å². The molecule has 0 atom stereocenters. The molecule has 0 radical (unpaired) electrons. The molecular weight excluding hydrogens is 356 g/mol. The van der Waals surface area contributed by atoms with E-state index < -0.39 is 0 Å². The molecule has 0 spiro atoms. The average molecular weight is 382 g/mol. The highest BCUT2D eigenvalue weighted by atomic mass is 16.5. The highest BCUT2D eigenvalue weighted by molar-refractivity contribution is 5.94. The van der Waals surface area contributed by atoms with E-state index in [-0.39, 0.29) is 11.8 Å². The highest BCUT2D eigenvalue weighted by Crippen LogP contribution is 2.26. The first-order chi connectivity index (χ1) is 13.5. The van der Waals surface area contributed by atoms with E-state index in [9.17, 15) is 9.59 Å². The van der Waals surface area contributed by atoms with Gasteiger partial charge in [-0.05, 0) is 36.2 Å². The number of hydrogen-bond donors (Lipinski definition) is 0.